The van der Waals surface area contributed by atoms with Crippen LogP contribution in [0.3, 0.4) is 0 Å². The maximum absolute atomic E-state index is 12.4. The van der Waals surface area contributed by atoms with Crippen molar-refractivity contribution >= 4 is 5.91 Å². The molecule has 5 heteroatoms. The summed E-state index contributed by atoms with van der Waals surface area (Å²) in [7, 11) is 1.65. The number of piperidine rings is 1. The first-order chi connectivity index (χ1) is 11.2. The van der Waals surface area contributed by atoms with E-state index in [4.69, 9.17) is 4.74 Å². The molecule has 0 saturated carbocycles. The van der Waals surface area contributed by atoms with Crippen LogP contribution in [0.5, 0.6) is 5.75 Å². The van der Waals surface area contributed by atoms with Crippen molar-refractivity contribution in [1.82, 2.24) is 10.6 Å². The van der Waals surface area contributed by atoms with E-state index in [1.165, 1.54) is 5.56 Å². The fourth-order valence-corrected chi connectivity index (χ4v) is 3.02. The van der Waals surface area contributed by atoms with E-state index >= 15 is 0 Å². The molecule has 0 aromatic heterocycles. The number of amides is 1. The largest absolute Gasteiger partial charge is 0.497 e. The minimum atomic E-state index is -0.189. The van der Waals surface area contributed by atoms with Crippen LogP contribution in [-0.4, -0.2) is 42.9 Å². The van der Waals surface area contributed by atoms with Crippen LogP contribution in [0, 0.1) is 0 Å². The molecular formula is C18H28N2O3. The minimum absolute atomic E-state index is 0.0427. The van der Waals surface area contributed by atoms with Gasteiger partial charge in [0.1, 0.15) is 5.75 Å². The molecule has 3 N–H and O–H groups in total. The Bertz CT molecular complexity index is 490. The summed E-state index contributed by atoms with van der Waals surface area (Å²) in [6.07, 6.45) is 4.44. The first-order valence-corrected chi connectivity index (χ1v) is 8.46. The van der Waals surface area contributed by atoms with Crippen LogP contribution < -0.4 is 15.4 Å². The molecule has 1 saturated heterocycles. The summed E-state index contributed by atoms with van der Waals surface area (Å²) in [5.41, 5.74) is 1.18. The van der Waals surface area contributed by atoms with E-state index in [1.54, 1.807) is 7.11 Å². The summed E-state index contributed by atoms with van der Waals surface area (Å²) in [6, 6.07) is 7.93. The van der Waals surface area contributed by atoms with Crippen molar-refractivity contribution in [2.75, 3.05) is 13.7 Å². The van der Waals surface area contributed by atoms with E-state index in [9.17, 15) is 9.90 Å². The number of carbonyl (C=O) groups is 1. The van der Waals surface area contributed by atoms with Gasteiger partial charge in [-0.15, -0.1) is 0 Å². The summed E-state index contributed by atoms with van der Waals surface area (Å²) in [5, 5.41) is 15.6. The highest BCUT2D eigenvalue weighted by Gasteiger charge is 2.27. The van der Waals surface area contributed by atoms with E-state index in [0.717, 1.165) is 37.9 Å². The van der Waals surface area contributed by atoms with Gasteiger partial charge in [0.05, 0.1) is 19.8 Å². The number of hydrogen-bond acceptors (Lipinski definition) is 4. The summed E-state index contributed by atoms with van der Waals surface area (Å²) in [5.74, 6) is 0.885. The highest BCUT2D eigenvalue weighted by atomic mass is 16.5. The van der Waals surface area contributed by atoms with Crippen LogP contribution >= 0.6 is 0 Å². The van der Waals surface area contributed by atoms with Crippen molar-refractivity contribution in [2.24, 2.45) is 0 Å². The molecule has 23 heavy (non-hydrogen) atoms. The fourth-order valence-electron chi connectivity index (χ4n) is 3.02. The zero-order valence-electron chi connectivity index (χ0n) is 14.0. The predicted molar refractivity (Wildman–Crippen MR) is 90.6 cm³/mol. The molecule has 1 aliphatic rings. The van der Waals surface area contributed by atoms with Gasteiger partial charge in [0.15, 0.2) is 0 Å². The molecule has 1 aliphatic heterocycles. The zero-order chi connectivity index (χ0) is 16.7. The van der Waals surface area contributed by atoms with Gasteiger partial charge in [0.25, 0.3) is 0 Å². The molecule has 1 amide bonds. The van der Waals surface area contributed by atoms with Gasteiger partial charge in [0, 0.05) is 12.1 Å². The number of methoxy groups -OCH3 is 1. The average Bonchev–Trinajstić information content (AvgIpc) is 2.61. The molecule has 5 nitrogen and oxygen atoms in total. The zero-order valence-corrected chi connectivity index (χ0v) is 14.0. The van der Waals surface area contributed by atoms with Crippen LogP contribution in [0.15, 0.2) is 24.3 Å². The van der Waals surface area contributed by atoms with Crippen molar-refractivity contribution < 1.29 is 14.6 Å². The van der Waals surface area contributed by atoms with Crippen LogP contribution in [0.1, 0.15) is 38.2 Å². The van der Waals surface area contributed by atoms with Gasteiger partial charge in [-0.1, -0.05) is 19.1 Å². The Morgan fingerprint density at radius 2 is 2.13 bits per heavy atom. The van der Waals surface area contributed by atoms with Crippen LogP contribution in [0.4, 0.5) is 0 Å². The van der Waals surface area contributed by atoms with Crippen LogP contribution in [-0.2, 0) is 11.2 Å². The summed E-state index contributed by atoms with van der Waals surface area (Å²) in [4.78, 5) is 12.4. The Kier molecular flexibility index (Phi) is 6.86. The average molecular weight is 320 g/mol. The number of aliphatic hydroxyl groups excluding tert-OH is 1. The molecule has 2 rings (SSSR count). The van der Waals surface area contributed by atoms with Crippen LogP contribution in [0.25, 0.3) is 0 Å². The van der Waals surface area contributed by atoms with Gasteiger partial charge >= 0.3 is 0 Å². The Labute approximate surface area is 138 Å². The molecule has 0 aliphatic carbocycles. The summed E-state index contributed by atoms with van der Waals surface area (Å²) in [6.45, 7) is 2.17. The molecule has 3 unspecified atom stereocenters. The first kappa shape index (κ1) is 17.8. The highest BCUT2D eigenvalue weighted by Crippen LogP contribution is 2.15. The maximum Gasteiger partial charge on any atom is 0.237 e. The van der Waals surface area contributed by atoms with Gasteiger partial charge in [0.2, 0.25) is 5.91 Å². The third-order valence-electron chi connectivity index (χ3n) is 4.50. The molecule has 1 aromatic rings. The van der Waals surface area contributed by atoms with Gasteiger partial charge in [-0.25, -0.2) is 0 Å². The minimum Gasteiger partial charge on any atom is -0.497 e. The second-order valence-electron chi connectivity index (χ2n) is 6.20. The van der Waals surface area contributed by atoms with Gasteiger partial charge in [-0.05, 0) is 49.8 Å². The van der Waals surface area contributed by atoms with E-state index < -0.39 is 0 Å². The normalized spacial score (nSPS) is 22.4. The van der Waals surface area contributed by atoms with Crippen molar-refractivity contribution in [3.05, 3.63) is 29.8 Å². The molecule has 128 valence electrons. The second kappa shape index (κ2) is 8.89. The van der Waals surface area contributed by atoms with Gasteiger partial charge in [-0.3, -0.25) is 4.79 Å². The smallest absolute Gasteiger partial charge is 0.237 e. The second-order valence-corrected chi connectivity index (χ2v) is 6.20. The van der Waals surface area contributed by atoms with E-state index in [0.29, 0.717) is 0 Å². The Morgan fingerprint density at radius 1 is 1.39 bits per heavy atom. The topological polar surface area (TPSA) is 70.6 Å². The summed E-state index contributed by atoms with van der Waals surface area (Å²) >= 11 is 0. The van der Waals surface area contributed by atoms with E-state index in [1.807, 2.05) is 24.3 Å². The lowest BCUT2D eigenvalue weighted by Gasteiger charge is -2.30. The lowest BCUT2D eigenvalue weighted by atomic mass is 9.97. The Hall–Kier alpha value is -1.59. The molecular weight excluding hydrogens is 292 g/mol. The molecule has 1 heterocycles. The molecule has 1 aromatic carbocycles. The van der Waals surface area contributed by atoms with E-state index in [2.05, 4.69) is 17.6 Å². The molecule has 3 atom stereocenters. The molecule has 1 fully saturated rings. The van der Waals surface area contributed by atoms with Crippen molar-refractivity contribution in [3.63, 3.8) is 0 Å². The van der Waals surface area contributed by atoms with E-state index in [-0.39, 0.29) is 30.6 Å². The van der Waals surface area contributed by atoms with Gasteiger partial charge in [-0.2, -0.15) is 0 Å². The lowest BCUT2D eigenvalue weighted by molar-refractivity contribution is -0.124. The molecule has 0 radical (unpaired) electrons. The maximum atomic E-state index is 12.4. The SMILES string of the molecule is CCC(Cc1ccc(OC)cc1)NC(=O)C1CCCC(CO)N1. The monoisotopic (exact) mass is 320 g/mol. The van der Waals surface area contributed by atoms with Crippen molar-refractivity contribution in [3.8, 4) is 5.75 Å². The first-order valence-electron chi connectivity index (χ1n) is 8.46. The predicted octanol–water partition coefficient (Wildman–Crippen LogP) is 1.64. The lowest BCUT2D eigenvalue weighted by Crippen LogP contribution is -2.54. The number of benzene rings is 1. The van der Waals surface area contributed by atoms with Crippen molar-refractivity contribution in [1.29, 1.82) is 0 Å². The fraction of sp³-hybridized carbons (Fsp3) is 0.611. The van der Waals surface area contributed by atoms with Crippen molar-refractivity contribution in [2.45, 2.75) is 57.2 Å². The number of aliphatic hydroxyl groups is 1. The van der Waals surface area contributed by atoms with Crippen LogP contribution in [0.2, 0.25) is 0 Å². The van der Waals surface area contributed by atoms with Gasteiger partial charge < -0.3 is 20.5 Å². The molecule has 0 spiro atoms. The number of carbonyl (C=O) groups excluding carboxylic acids is 1. The number of nitrogens with one attached hydrogen (secondary N) is 2. The number of hydrogen-bond donors (Lipinski definition) is 3. The summed E-state index contributed by atoms with van der Waals surface area (Å²) < 4.78 is 5.17. The standard InChI is InChI=1S/C18H28N2O3/c1-3-14(11-13-7-9-16(23-2)10-8-13)20-18(22)17-6-4-5-15(12-21)19-17/h7-10,14-15,17,19,21H,3-6,11-12H2,1-2H3,(H,20,22). The third kappa shape index (κ3) is 5.22. The number of rotatable bonds is 7. The quantitative estimate of drug-likeness (QED) is 0.714. The highest BCUT2D eigenvalue weighted by molar-refractivity contribution is 5.82. The Morgan fingerprint density at radius 3 is 2.74 bits per heavy atom. The molecule has 0 bridgehead atoms. The Balaban J connectivity index is 1.88. The number of ether oxygens (including phenoxy) is 1. The third-order valence-corrected chi connectivity index (χ3v) is 4.50.